The number of aryl methyl sites for hydroxylation is 1. The van der Waals surface area contributed by atoms with E-state index in [4.69, 9.17) is 0 Å². The Hall–Kier alpha value is -1.19. The zero-order chi connectivity index (χ0) is 14.4. The van der Waals surface area contributed by atoms with E-state index >= 15 is 0 Å². The first-order chi connectivity index (χ1) is 9.65. The molecule has 0 bridgehead atoms. The first kappa shape index (κ1) is 15.2. The lowest BCUT2D eigenvalue weighted by Gasteiger charge is -2.12. The lowest BCUT2D eigenvalue weighted by molar-refractivity contribution is 0.162. The molecule has 0 saturated carbocycles. The van der Waals surface area contributed by atoms with Crippen LogP contribution in [0.1, 0.15) is 24.0 Å². The molecule has 0 aromatic heterocycles. The van der Waals surface area contributed by atoms with Gasteiger partial charge in [-0.2, -0.15) is 0 Å². The summed E-state index contributed by atoms with van der Waals surface area (Å²) in [6, 6.07) is 14.8. The van der Waals surface area contributed by atoms with Gasteiger partial charge in [-0.25, -0.2) is 4.39 Å². The maximum absolute atomic E-state index is 13.2. The molecule has 0 aliphatic heterocycles. The minimum Gasteiger partial charge on any atom is -0.393 e. The first-order valence-corrected chi connectivity index (χ1v) is 7.60. The van der Waals surface area contributed by atoms with E-state index in [0.717, 1.165) is 29.3 Å². The van der Waals surface area contributed by atoms with Crippen molar-refractivity contribution in [3.05, 3.63) is 69.9 Å². The van der Waals surface area contributed by atoms with Crippen LogP contribution in [0.3, 0.4) is 0 Å². The fraction of sp³-hybridized carbons (Fsp3) is 0.294. The number of halogens is 2. The number of benzene rings is 2. The van der Waals surface area contributed by atoms with E-state index in [0.29, 0.717) is 6.42 Å². The van der Waals surface area contributed by atoms with E-state index in [1.807, 2.05) is 18.2 Å². The fourth-order valence-electron chi connectivity index (χ4n) is 2.24. The summed E-state index contributed by atoms with van der Waals surface area (Å²) in [6.45, 7) is 0. The highest BCUT2D eigenvalue weighted by molar-refractivity contribution is 9.10. The van der Waals surface area contributed by atoms with Crippen molar-refractivity contribution < 1.29 is 9.50 Å². The number of rotatable bonds is 6. The first-order valence-electron chi connectivity index (χ1n) is 6.81. The van der Waals surface area contributed by atoms with Gasteiger partial charge in [-0.15, -0.1) is 0 Å². The Morgan fingerprint density at radius 1 is 1.10 bits per heavy atom. The van der Waals surface area contributed by atoms with Crippen LogP contribution >= 0.6 is 15.9 Å². The van der Waals surface area contributed by atoms with E-state index < -0.39 is 6.10 Å². The highest BCUT2D eigenvalue weighted by Crippen LogP contribution is 2.20. The van der Waals surface area contributed by atoms with Crippen molar-refractivity contribution in [2.45, 2.75) is 31.8 Å². The third kappa shape index (κ3) is 4.73. The predicted octanol–water partition coefficient (Wildman–Crippen LogP) is 4.51. The second-order valence-electron chi connectivity index (χ2n) is 4.97. The van der Waals surface area contributed by atoms with Crippen LogP contribution in [0.5, 0.6) is 0 Å². The van der Waals surface area contributed by atoms with Gasteiger partial charge in [0.2, 0.25) is 0 Å². The van der Waals surface area contributed by atoms with Crippen LogP contribution in [-0.2, 0) is 12.8 Å². The highest BCUT2D eigenvalue weighted by atomic mass is 79.9. The molecule has 2 aromatic rings. The lowest BCUT2D eigenvalue weighted by atomic mass is 10.0. The molecule has 0 aliphatic carbocycles. The Morgan fingerprint density at radius 3 is 2.60 bits per heavy atom. The molecule has 2 rings (SSSR count). The molecule has 106 valence electrons. The molecule has 1 unspecified atom stereocenters. The van der Waals surface area contributed by atoms with E-state index in [1.54, 1.807) is 6.07 Å². The van der Waals surface area contributed by atoms with Gasteiger partial charge in [0.25, 0.3) is 0 Å². The Labute approximate surface area is 127 Å². The van der Waals surface area contributed by atoms with Gasteiger partial charge >= 0.3 is 0 Å². The second-order valence-corrected chi connectivity index (χ2v) is 5.83. The smallest absolute Gasteiger partial charge is 0.123 e. The van der Waals surface area contributed by atoms with Crippen molar-refractivity contribution in [2.75, 3.05) is 0 Å². The molecule has 0 saturated heterocycles. The highest BCUT2D eigenvalue weighted by Gasteiger charge is 2.09. The Morgan fingerprint density at radius 2 is 1.85 bits per heavy atom. The predicted molar refractivity (Wildman–Crippen MR) is 83.2 cm³/mol. The van der Waals surface area contributed by atoms with Gasteiger partial charge < -0.3 is 5.11 Å². The zero-order valence-corrected chi connectivity index (χ0v) is 12.8. The van der Waals surface area contributed by atoms with E-state index in [9.17, 15) is 9.50 Å². The largest absolute Gasteiger partial charge is 0.393 e. The molecule has 0 aliphatic rings. The minimum atomic E-state index is -0.434. The minimum absolute atomic E-state index is 0.264. The molecule has 20 heavy (non-hydrogen) atoms. The van der Waals surface area contributed by atoms with Gasteiger partial charge in [-0.05, 0) is 55.0 Å². The van der Waals surface area contributed by atoms with Crippen molar-refractivity contribution in [1.82, 2.24) is 0 Å². The third-order valence-corrected chi connectivity index (χ3v) is 4.08. The van der Waals surface area contributed by atoms with Crippen molar-refractivity contribution in [3.63, 3.8) is 0 Å². The van der Waals surface area contributed by atoms with Crippen LogP contribution in [0.25, 0.3) is 0 Å². The molecule has 0 heterocycles. The molecule has 1 nitrogen and oxygen atoms in total. The summed E-state index contributed by atoms with van der Waals surface area (Å²) in [5.74, 6) is -0.264. The summed E-state index contributed by atoms with van der Waals surface area (Å²) >= 11 is 3.39. The molecule has 1 atom stereocenters. The van der Waals surface area contributed by atoms with Crippen molar-refractivity contribution >= 4 is 15.9 Å². The number of hydrogen-bond donors (Lipinski definition) is 1. The summed E-state index contributed by atoms with van der Waals surface area (Å²) in [7, 11) is 0. The number of hydrogen-bond acceptors (Lipinski definition) is 1. The van der Waals surface area contributed by atoms with Gasteiger partial charge in [0.15, 0.2) is 0 Å². The molecule has 1 N–H and O–H groups in total. The number of aliphatic hydroxyl groups excluding tert-OH is 1. The van der Waals surface area contributed by atoms with Gasteiger partial charge in [0, 0.05) is 4.47 Å². The maximum Gasteiger partial charge on any atom is 0.123 e. The fourth-order valence-corrected chi connectivity index (χ4v) is 2.65. The Balaban J connectivity index is 1.80. The summed E-state index contributed by atoms with van der Waals surface area (Å²) in [5.41, 5.74) is 2.10. The molecule has 0 fully saturated rings. The van der Waals surface area contributed by atoms with Gasteiger partial charge in [-0.1, -0.05) is 46.3 Å². The average Bonchev–Trinajstić information content (AvgIpc) is 2.44. The van der Waals surface area contributed by atoms with Crippen LogP contribution in [0.2, 0.25) is 0 Å². The van der Waals surface area contributed by atoms with E-state index in [-0.39, 0.29) is 5.82 Å². The van der Waals surface area contributed by atoms with Crippen LogP contribution in [0.15, 0.2) is 53.0 Å². The molecular formula is C17H18BrFO. The van der Waals surface area contributed by atoms with Crippen LogP contribution in [0, 0.1) is 5.82 Å². The van der Waals surface area contributed by atoms with E-state index in [1.165, 1.54) is 17.7 Å². The Kier molecular flexibility index (Phi) is 5.74. The van der Waals surface area contributed by atoms with Crippen LogP contribution < -0.4 is 0 Å². The van der Waals surface area contributed by atoms with Crippen LogP contribution in [0.4, 0.5) is 4.39 Å². The summed E-state index contributed by atoms with van der Waals surface area (Å²) in [5, 5.41) is 10.1. The summed E-state index contributed by atoms with van der Waals surface area (Å²) < 4.78 is 14.0. The molecule has 2 aromatic carbocycles. The third-order valence-electron chi connectivity index (χ3n) is 3.31. The van der Waals surface area contributed by atoms with Crippen molar-refractivity contribution in [2.24, 2.45) is 0 Å². The SMILES string of the molecule is OC(CCCc1ccccc1)Cc1cc(F)ccc1Br. The summed E-state index contributed by atoms with van der Waals surface area (Å²) in [4.78, 5) is 0. The number of aliphatic hydroxyl groups is 1. The summed E-state index contributed by atoms with van der Waals surface area (Å²) in [6.07, 6.45) is 2.66. The lowest BCUT2D eigenvalue weighted by Crippen LogP contribution is -2.11. The maximum atomic E-state index is 13.2. The van der Waals surface area contributed by atoms with Gasteiger partial charge in [0.05, 0.1) is 6.10 Å². The topological polar surface area (TPSA) is 20.2 Å². The average molecular weight is 337 g/mol. The van der Waals surface area contributed by atoms with E-state index in [2.05, 4.69) is 28.1 Å². The quantitative estimate of drug-likeness (QED) is 0.822. The molecule has 3 heteroatoms. The monoisotopic (exact) mass is 336 g/mol. The zero-order valence-electron chi connectivity index (χ0n) is 11.2. The standard InChI is InChI=1S/C17H18BrFO/c18-17-10-9-15(19)11-14(17)12-16(20)8-4-7-13-5-2-1-3-6-13/h1-3,5-6,9-11,16,20H,4,7-8,12H2. The molecule has 0 amide bonds. The normalized spacial score (nSPS) is 12.3. The molecule has 0 spiro atoms. The second kappa shape index (κ2) is 7.55. The molecular weight excluding hydrogens is 319 g/mol. The van der Waals surface area contributed by atoms with Crippen molar-refractivity contribution in [3.8, 4) is 0 Å². The Bertz CT molecular complexity index is 542. The van der Waals surface area contributed by atoms with Crippen LogP contribution in [-0.4, -0.2) is 11.2 Å². The molecule has 0 radical (unpaired) electrons. The van der Waals surface area contributed by atoms with Gasteiger partial charge in [0.1, 0.15) is 5.82 Å². The van der Waals surface area contributed by atoms with Gasteiger partial charge in [-0.3, -0.25) is 0 Å². The van der Waals surface area contributed by atoms with Crippen molar-refractivity contribution in [1.29, 1.82) is 0 Å².